The highest BCUT2D eigenvalue weighted by Crippen LogP contribution is 2.50. The summed E-state index contributed by atoms with van der Waals surface area (Å²) in [6.45, 7) is 10.2. The van der Waals surface area contributed by atoms with Gasteiger partial charge < -0.3 is 19.5 Å². The lowest BCUT2D eigenvalue weighted by Gasteiger charge is -2.49. The first-order chi connectivity index (χ1) is 13.9. The fourth-order valence-corrected chi connectivity index (χ4v) is 5.40. The summed E-state index contributed by atoms with van der Waals surface area (Å²) in [5, 5.41) is 10.3. The molecule has 4 rings (SSSR count). The van der Waals surface area contributed by atoms with Crippen LogP contribution in [0.25, 0.3) is 0 Å². The van der Waals surface area contributed by atoms with Gasteiger partial charge in [0.1, 0.15) is 25.0 Å². The minimum atomic E-state index is -0.405. The Morgan fingerprint density at radius 1 is 1.17 bits per heavy atom. The Kier molecular flexibility index (Phi) is 6.33. The van der Waals surface area contributed by atoms with Crippen LogP contribution in [0.15, 0.2) is 35.9 Å². The standard InChI is InChI=1S/C25H37NO3/c1-18-7-10-20-15-23(18)24(29-25(20,2)3)19-8-11-22(12-9-19)28-17-21(27)16-26-13-5-4-6-14-26/h7-9,11-12,20-21,23-24,27H,4-6,10,13-17H2,1-3H3/p+1/t20-,21+,23+,24+/m1/s1. The van der Waals surface area contributed by atoms with Crippen LogP contribution in [0.5, 0.6) is 5.75 Å². The number of nitrogens with one attached hydrogen (secondary N) is 1. The highest BCUT2D eigenvalue weighted by atomic mass is 16.5. The lowest BCUT2D eigenvalue weighted by Crippen LogP contribution is -3.14. The number of quaternary nitrogens is 1. The van der Waals surface area contributed by atoms with Gasteiger partial charge in [-0.05, 0) is 76.5 Å². The first-order valence-electron chi connectivity index (χ1n) is 11.5. The molecule has 2 N–H and O–H groups in total. The Morgan fingerprint density at radius 2 is 1.90 bits per heavy atom. The second kappa shape index (κ2) is 8.79. The molecule has 2 heterocycles. The summed E-state index contributed by atoms with van der Waals surface area (Å²) in [7, 11) is 0. The van der Waals surface area contributed by atoms with Crippen LogP contribution in [-0.2, 0) is 4.74 Å². The van der Waals surface area contributed by atoms with E-state index in [9.17, 15) is 5.11 Å². The summed E-state index contributed by atoms with van der Waals surface area (Å²) in [4.78, 5) is 1.51. The van der Waals surface area contributed by atoms with Crippen molar-refractivity contribution in [3.05, 3.63) is 41.5 Å². The minimum absolute atomic E-state index is 0.0889. The number of aliphatic hydroxyl groups excluding tert-OH is 1. The van der Waals surface area contributed by atoms with E-state index in [1.807, 2.05) is 12.1 Å². The molecule has 0 saturated carbocycles. The molecule has 0 aromatic heterocycles. The number of likely N-dealkylation sites (tertiary alicyclic amines) is 1. The topological polar surface area (TPSA) is 43.1 Å². The molecule has 1 aromatic rings. The number of ether oxygens (including phenoxy) is 2. The maximum Gasteiger partial charge on any atom is 0.137 e. The Bertz CT molecular complexity index is 705. The van der Waals surface area contributed by atoms with Gasteiger partial charge in [0.25, 0.3) is 0 Å². The molecular formula is C25H38NO3+. The maximum atomic E-state index is 10.3. The van der Waals surface area contributed by atoms with E-state index in [0.717, 1.165) is 18.7 Å². The van der Waals surface area contributed by atoms with Crippen molar-refractivity contribution in [3.63, 3.8) is 0 Å². The molecule has 3 aliphatic rings. The first kappa shape index (κ1) is 20.9. The van der Waals surface area contributed by atoms with E-state index in [1.165, 1.54) is 54.8 Å². The molecule has 0 unspecified atom stereocenters. The summed E-state index contributed by atoms with van der Waals surface area (Å²) in [5.74, 6) is 1.91. The Hall–Kier alpha value is -1.36. The van der Waals surface area contributed by atoms with Crippen LogP contribution in [0.3, 0.4) is 0 Å². The SMILES string of the molecule is CC1=CC[C@@H]2C[C@@H]1[C@H](c1ccc(OC[C@@H](O)C[NH+]3CCCCC3)cc1)OC2(C)C. The average Bonchev–Trinajstić information content (AvgIpc) is 2.72. The molecule has 2 aliphatic heterocycles. The number of allylic oxidation sites excluding steroid dienone is 1. The van der Waals surface area contributed by atoms with Crippen molar-refractivity contribution in [2.75, 3.05) is 26.2 Å². The largest absolute Gasteiger partial charge is 0.491 e. The van der Waals surface area contributed by atoms with Gasteiger partial charge in [-0.1, -0.05) is 23.8 Å². The predicted octanol–water partition coefficient (Wildman–Crippen LogP) is 3.32. The number of rotatable bonds is 6. The molecule has 0 spiro atoms. The van der Waals surface area contributed by atoms with Gasteiger partial charge in [0.15, 0.2) is 0 Å². The van der Waals surface area contributed by atoms with Crippen LogP contribution in [0, 0.1) is 11.8 Å². The summed E-state index contributed by atoms with van der Waals surface area (Å²) < 4.78 is 12.5. The molecule has 4 nitrogen and oxygen atoms in total. The summed E-state index contributed by atoms with van der Waals surface area (Å²) in [6, 6.07) is 8.33. The van der Waals surface area contributed by atoms with Crippen molar-refractivity contribution in [2.45, 2.75) is 70.7 Å². The van der Waals surface area contributed by atoms with E-state index in [1.54, 1.807) is 0 Å². The number of aliphatic hydroxyl groups is 1. The second-order valence-electron chi connectivity index (χ2n) is 9.91. The zero-order valence-electron chi connectivity index (χ0n) is 18.3. The average molecular weight is 401 g/mol. The third-order valence-electron chi connectivity index (χ3n) is 7.36. The van der Waals surface area contributed by atoms with E-state index in [0.29, 0.717) is 18.4 Å². The molecule has 0 amide bonds. The molecule has 1 aliphatic carbocycles. The van der Waals surface area contributed by atoms with Crippen molar-refractivity contribution in [1.82, 2.24) is 0 Å². The molecule has 4 heteroatoms. The highest BCUT2D eigenvalue weighted by Gasteiger charge is 2.45. The number of piperidine rings is 1. The van der Waals surface area contributed by atoms with Crippen LogP contribution >= 0.6 is 0 Å². The van der Waals surface area contributed by atoms with Crippen LogP contribution in [0.1, 0.15) is 64.5 Å². The third-order valence-corrected chi connectivity index (χ3v) is 7.36. The van der Waals surface area contributed by atoms with Crippen LogP contribution in [-0.4, -0.2) is 43.1 Å². The van der Waals surface area contributed by atoms with Crippen LogP contribution < -0.4 is 9.64 Å². The van der Waals surface area contributed by atoms with E-state index >= 15 is 0 Å². The monoisotopic (exact) mass is 400 g/mol. The zero-order chi connectivity index (χ0) is 20.4. The molecular weight excluding hydrogens is 362 g/mol. The fraction of sp³-hybridized carbons (Fsp3) is 0.680. The van der Waals surface area contributed by atoms with Crippen molar-refractivity contribution >= 4 is 0 Å². The van der Waals surface area contributed by atoms with Crippen molar-refractivity contribution < 1.29 is 19.5 Å². The van der Waals surface area contributed by atoms with Gasteiger partial charge >= 0.3 is 0 Å². The Labute approximate surface area is 175 Å². The molecule has 2 fully saturated rings. The van der Waals surface area contributed by atoms with Gasteiger partial charge in [-0.2, -0.15) is 0 Å². The molecule has 1 aromatic carbocycles. The van der Waals surface area contributed by atoms with Gasteiger partial charge in [0.2, 0.25) is 0 Å². The number of hydrogen-bond donors (Lipinski definition) is 2. The van der Waals surface area contributed by atoms with Crippen molar-refractivity contribution in [2.24, 2.45) is 11.8 Å². The lowest BCUT2D eigenvalue weighted by molar-refractivity contribution is -0.908. The normalized spacial score (nSPS) is 30.5. The third kappa shape index (κ3) is 4.87. The Balaban J connectivity index is 1.35. The van der Waals surface area contributed by atoms with Gasteiger partial charge in [0.05, 0.1) is 24.8 Å². The van der Waals surface area contributed by atoms with E-state index in [-0.39, 0.29) is 11.7 Å². The number of fused-ring (bicyclic) bond motifs is 2. The fourth-order valence-electron chi connectivity index (χ4n) is 5.40. The quantitative estimate of drug-likeness (QED) is 0.720. The molecule has 2 saturated heterocycles. The minimum Gasteiger partial charge on any atom is -0.491 e. The zero-order valence-corrected chi connectivity index (χ0v) is 18.3. The smallest absolute Gasteiger partial charge is 0.137 e. The van der Waals surface area contributed by atoms with E-state index in [2.05, 4.69) is 39.0 Å². The Morgan fingerprint density at radius 3 is 2.62 bits per heavy atom. The second-order valence-corrected chi connectivity index (χ2v) is 9.91. The van der Waals surface area contributed by atoms with Crippen molar-refractivity contribution in [3.8, 4) is 5.75 Å². The molecule has 160 valence electrons. The highest BCUT2D eigenvalue weighted by molar-refractivity contribution is 5.31. The molecule has 4 atom stereocenters. The lowest BCUT2D eigenvalue weighted by atomic mass is 9.69. The summed E-state index contributed by atoms with van der Waals surface area (Å²) >= 11 is 0. The van der Waals surface area contributed by atoms with Gasteiger partial charge in [0, 0.05) is 5.92 Å². The predicted molar refractivity (Wildman–Crippen MR) is 115 cm³/mol. The first-order valence-corrected chi connectivity index (χ1v) is 11.5. The summed E-state index contributed by atoms with van der Waals surface area (Å²) in [5.41, 5.74) is 2.60. The summed E-state index contributed by atoms with van der Waals surface area (Å²) in [6.07, 6.45) is 8.36. The van der Waals surface area contributed by atoms with Gasteiger partial charge in [-0.3, -0.25) is 0 Å². The maximum absolute atomic E-state index is 10.3. The number of hydrogen-bond acceptors (Lipinski definition) is 3. The van der Waals surface area contributed by atoms with Gasteiger partial charge in [-0.25, -0.2) is 0 Å². The number of benzene rings is 1. The van der Waals surface area contributed by atoms with Crippen molar-refractivity contribution in [1.29, 1.82) is 0 Å². The molecule has 0 radical (unpaired) electrons. The molecule has 2 bridgehead atoms. The van der Waals surface area contributed by atoms with E-state index in [4.69, 9.17) is 9.47 Å². The van der Waals surface area contributed by atoms with E-state index < -0.39 is 6.10 Å². The van der Waals surface area contributed by atoms with Crippen LogP contribution in [0.4, 0.5) is 0 Å². The van der Waals surface area contributed by atoms with Crippen LogP contribution in [0.2, 0.25) is 0 Å². The van der Waals surface area contributed by atoms with Gasteiger partial charge in [-0.15, -0.1) is 0 Å². The molecule has 29 heavy (non-hydrogen) atoms.